The second kappa shape index (κ2) is 11.6. The van der Waals surface area contributed by atoms with Gasteiger partial charge in [0.15, 0.2) is 0 Å². The van der Waals surface area contributed by atoms with Gasteiger partial charge in [0.2, 0.25) is 17.7 Å². The fraction of sp³-hybridized carbons (Fsp3) is 0.310. The number of aromatic nitrogens is 2. The topological polar surface area (TPSA) is 173 Å². The Kier molecular flexibility index (Phi) is 7.83. The van der Waals surface area contributed by atoms with Crippen LogP contribution in [0.1, 0.15) is 24.0 Å². The van der Waals surface area contributed by atoms with Crippen molar-refractivity contribution in [2.75, 3.05) is 13.1 Å². The maximum atomic E-state index is 13.3. The van der Waals surface area contributed by atoms with Gasteiger partial charge < -0.3 is 36.3 Å². The van der Waals surface area contributed by atoms with Crippen molar-refractivity contribution in [3.05, 3.63) is 72.1 Å². The first kappa shape index (κ1) is 26.9. The lowest BCUT2D eigenvalue weighted by Gasteiger charge is -2.23. The van der Waals surface area contributed by atoms with E-state index >= 15 is 0 Å². The number of nitrogens with zero attached hydrogens (tertiary/aromatic N) is 1. The molecule has 0 spiro atoms. The van der Waals surface area contributed by atoms with Crippen molar-refractivity contribution < 1.29 is 24.3 Å². The summed E-state index contributed by atoms with van der Waals surface area (Å²) in [5.41, 5.74) is 9.82. The van der Waals surface area contributed by atoms with Crippen LogP contribution in [-0.2, 0) is 32.0 Å². The SMILES string of the molecule is NC(Cc1c[nH]c2ccccc12)C(=O)NC(Cc1c[nH]c2ccccc12)C(=O)NCC(=O)N1CCCC1C(=O)O. The molecule has 3 heterocycles. The number of hydrogen-bond donors (Lipinski definition) is 6. The van der Waals surface area contributed by atoms with Crippen molar-refractivity contribution in [1.29, 1.82) is 0 Å². The monoisotopic (exact) mass is 544 g/mol. The van der Waals surface area contributed by atoms with E-state index in [1.807, 2.05) is 54.7 Å². The number of benzene rings is 2. The number of fused-ring (bicyclic) bond motifs is 2. The van der Waals surface area contributed by atoms with Gasteiger partial charge in [-0.15, -0.1) is 0 Å². The molecule has 1 saturated heterocycles. The van der Waals surface area contributed by atoms with Crippen molar-refractivity contribution in [2.45, 2.75) is 43.8 Å². The zero-order valence-corrected chi connectivity index (χ0v) is 21.9. The van der Waals surface area contributed by atoms with E-state index in [-0.39, 0.29) is 19.4 Å². The highest BCUT2D eigenvalue weighted by atomic mass is 16.4. The number of para-hydroxylation sites is 2. The molecule has 1 aliphatic heterocycles. The van der Waals surface area contributed by atoms with Gasteiger partial charge in [0.05, 0.1) is 12.6 Å². The molecule has 1 aliphatic rings. The third kappa shape index (κ3) is 5.69. The Morgan fingerprint density at radius 3 is 2.15 bits per heavy atom. The largest absolute Gasteiger partial charge is 0.480 e. The summed E-state index contributed by atoms with van der Waals surface area (Å²) in [6.45, 7) is -0.0475. The van der Waals surface area contributed by atoms with E-state index in [2.05, 4.69) is 20.6 Å². The van der Waals surface area contributed by atoms with E-state index < -0.39 is 41.8 Å². The van der Waals surface area contributed by atoms with Crippen LogP contribution in [0.15, 0.2) is 60.9 Å². The molecule has 7 N–H and O–H groups in total. The minimum atomic E-state index is -1.06. The molecular formula is C29H32N6O5. The maximum Gasteiger partial charge on any atom is 0.326 e. The molecule has 0 saturated carbocycles. The number of aliphatic carboxylic acids is 1. The number of carboxylic acids is 1. The molecule has 0 aliphatic carbocycles. The van der Waals surface area contributed by atoms with Crippen LogP contribution in [0.2, 0.25) is 0 Å². The molecule has 3 amide bonds. The number of likely N-dealkylation sites (tertiary alicyclic amines) is 1. The van der Waals surface area contributed by atoms with Crippen LogP contribution < -0.4 is 16.4 Å². The highest BCUT2D eigenvalue weighted by molar-refractivity contribution is 5.94. The molecule has 0 radical (unpaired) electrons. The van der Waals surface area contributed by atoms with Crippen LogP contribution in [0.3, 0.4) is 0 Å². The van der Waals surface area contributed by atoms with Crippen LogP contribution in [0.4, 0.5) is 0 Å². The predicted octanol–water partition coefficient (Wildman–Crippen LogP) is 1.44. The first-order valence-electron chi connectivity index (χ1n) is 13.3. The molecule has 11 heteroatoms. The normalized spacial score (nSPS) is 16.6. The average Bonchev–Trinajstić information content (AvgIpc) is 3.70. The van der Waals surface area contributed by atoms with E-state index in [1.54, 1.807) is 6.20 Å². The zero-order valence-electron chi connectivity index (χ0n) is 21.9. The summed E-state index contributed by atoms with van der Waals surface area (Å²) in [4.78, 5) is 58.3. The molecule has 11 nitrogen and oxygen atoms in total. The maximum absolute atomic E-state index is 13.3. The smallest absolute Gasteiger partial charge is 0.326 e. The third-order valence-electron chi connectivity index (χ3n) is 7.46. The molecule has 4 aromatic rings. The van der Waals surface area contributed by atoms with Crippen LogP contribution in [0.5, 0.6) is 0 Å². The van der Waals surface area contributed by atoms with Gasteiger partial charge in [0.1, 0.15) is 12.1 Å². The van der Waals surface area contributed by atoms with Crippen LogP contribution >= 0.6 is 0 Å². The molecule has 2 aromatic heterocycles. The summed E-state index contributed by atoms with van der Waals surface area (Å²) in [6.07, 6.45) is 5.00. The number of hydrogen-bond acceptors (Lipinski definition) is 5. The Labute approximate surface area is 230 Å². The van der Waals surface area contributed by atoms with E-state index in [1.165, 1.54) is 4.90 Å². The average molecular weight is 545 g/mol. The number of aromatic amines is 2. The van der Waals surface area contributed by atoms with Crippen molar-refractivity contribution in [1.82, 2.24) is 25.5 Å². The lowest BCUT2D eigenvalue weighted by molar-refractivity contribution is -0.148. The molecule has 3 unspecified atom stereocenters. The molecule has 2 aromatic carbocycles. The van der Waals surface area contributed by atoms with E-state index in [4.69, 9.17) is 5.73 Å². The van der Waals surface area contributed by atoms with Crippen molar-refractivity contribution >= 4 is 45.5 Å². The summed E-state index contributed by atoms with van der Waals surface area (Å²) in [5.74, 6) is -2.60. The minimum absolute atomic E-state index is 0.164. The fourth-order valence-electron chi connectivity index (χ4n) is 5.35. The number of H-pyrrole nitrogens is 2. The Morgan fingerprint density at radius 2 is 1.52 bits per heavy atom. The van der Waals surface area contributed by atoms with Gasteiger partial charge in [-0.25, -0.2) is 4.79 Å². The lowest BCUT2D eigenvalue weighted by Crippen LogP contribution is -2.54. The van der Waals surface area contributed by atoms with Gasteiger partial charge in [-0.2, -0.15) is 0 Å². The summed E-state index contributed by atoms with van der Waals surface area (Å²) < 4.78 is 0. The van der Waals surface area contributed by atoms with E-state index in [9.17, 15) is 24.3 Å². The van der Waals surface area contributed by atoms with E-state index in [0.717, 1.165) is 32.9 Å². The molecule has 40 heavy (non-hydrogen) atoms. The van der Waals surface area contributed by atoms with Crippen LogP contribution in [0, 0.1) is 0 Å². The summed E-state index contributed by atoms with van der Waals surface area (Å²) in [7, 11) is 0. The lowest BCUT2D eigenvalue weighted by atomic mass is 10.0. The second-order valence-electron chi connectivity index (χ2n) is 10.1. The highest BCUT2D eigenvalue weighted by Crippen LogP contribution is 2.21. The number of carboxylic acid groups (broad SMARTS) is 1. The molecule has 5 rings (SSSR count). The fourth-order valence-corrected chi connectivity index (χ4v) is 5.35. The summed E-state index contributed by atoms with van der Waals surface area (Å²) >= 11 is 0. The van der Waals surface area contributed by atoms with Crippen molar-refractivity contribution in [2.24, 2.45) is 5.73 Å². The second-order valence-corrected chi connectivity index (χ2v) is 10.1. The highest BCUT2D eigenvalue weighted by Gasteiger charge is 2.34. The minimum Gasteiger partial charge on any atom is -0.480 e. The Balaban J connectivity index is 1.29. The van der Waals surface area contributed by atoms with E-state index in [0.29, 0.717) is 19.4 Å². The Hall–Kier alpha value is -4.64. The third-order valence-corrected chi connectivity index (χ3v) is 7.46. The number of amides is 3. The van der Waals surface area contributed by atoms with Crippen molar-refractivity contribution in [3.63, 3.8) is 0 Å². The molecule has 0 bridgehead atoms. The number of carbonyl (C=O) groups excluding carboxylic acids is 3. The molecule has 3 atom stereocenters. The number of rotatable bonds is 10. The first-order valence-corrected chi connectivity index (χ1v) is 13.3. The molecular weight excluding hydrogens is 512 g/mol. The Morgan fingerprint density at radius 1 is 0.925 bits per heavy atom. The van der Waals surface area contributed by atoms with Gasteiger partial charge in [0, 0.05) is 47.2 Å². The van der Waals surface area contributed by atoms with Gasteiger partial charge in [-0.3, -0.25) is 14.4 Å². The van der Waals surface area contributed by atoms with Gasteiger partial charge in [-0.1, -0.05) is 36.4 Å². The van der Waals surface area contributed by atoms with Crippen LogP contribution in [0.25, 0.3) is 21.8 Å². The molecule has 1 fully saturated rings. The van der Waals surface area contributed by atoms with Crippen LogP contribution in [-0.4, -0.2) is 74.9 Å². The quantitative estimate of drug-likeness (QED) is 0.176. The number of carbonyl (C=O) groups is 4. The molecule has 208 valence electrons. The zero-order chi connectivity index (χ0) is 28.2. The van der Waals surface area contributed by atoms with Gasteiger partial charge in [0.25, 0.3) is 0 Å². The standard InChI is InChI=1S/C29H32N6O5/c30-21(12-17-14-31-22-8-3-1-6-19(17)22)27(37)34-24(13-18-15-32-23-9-4-2-7-20(18)23)28(38)33-16-26(36)35-11-5-10-25(35)29(39)40/h1-4,6-9,14-15,21,24-25,31-32H,5,10-13,16,30H2,(H,33,38)(H,34,37)(H,39,40). The van der Waals surface area contributed by atoms with Crippen molar-refractivity contribution in [3.8, 4) is 0 Å². The summed E-state index contributed by atoms with van der Waals surface area (Å²) in [5, 5.41) is 16.6. The van der Waals surface area contributed by atoms with Gasteiger partial charge in [-0.05, 0) is 42.5 Å². The first-order chi connectivity index (χ1) is 19.3. The predicted molar refractivity (Wildman–Crippen MR) is 149 cm³/mol. The van der Waals surface area contributed by atoms with Gasteiger partial charge >= 0.3 is 5.97 Å². The summed E-state index contributed by atoms with van der Waals surface area (Å²) in [6, 6.07) is 12.5. The Bertz CT molecular complexity index is 1560. The number of nitrogens with one attached hydrogen (secondary N) is 4. The number of nitrogens with two attached hydrogens (primary N) is 1.